The number of hydrogen-bond donors (Lipinski definition) is 2. The Bertz CT molecular complexity index is 1070. The molecule has 3 rings (SSSR count). The summed E-state index contributed by atoms with van der Waals surface area (Å²) in [7, 11) is 0. The summed E-state index contributed by atoms with van der Waals surface area (Å²) in [5.74, 6) is -0.290. The molecule has 0 radical (unpaired) electrons. The summed E-state index contributed by atoms with van der Waals surface area (Å²) in [5.41, 5.74) is 3.41. The first kappa shape index (κ1) is 21.1. The molecule has 7 nitrogen and oxygen atoms in total. The molecule has 3 aromatic rings. The number of nitrogens with one attached hydrogen (secondary N) is 2. The van der Waals surface area contributed by atoms with Crippen LogP contribution in [0, 0.1) is 13.8 Å². The highest BCUT2D eigenvalue weighted by molar-refractivity contribution is 6.05. The summed E-state index contributed by atoms with van der Waals surface area (Å²) in [6, 6.07) is 16.4. The third kappa shape index (κ3) is 5.05. The maximum Gasteiger partial charge on any atom is 0.412 e. The van der Waals surface area contributed by atoms with Gasteiger partial charge in [-0.05, 0) is 65.0 Å². The quantitative estimate of drug-likeness (QED) is 0.632. The maximum absolute atomic E-state index is 12.8. The molecule has 30 heavy (non-hydrogen) atoms. The van der Waals surface area contributed by atoms with E-state index in [-0.39, 0.29) is 5.91 Å². The third-order valence-corrected chi connectivity index (χ3v) is 4.30. The van der Waals surface area contributed by atoms with Crippen molar-refractivity contribution in [3.8, 4) is 5.69 Å². The van der Waals surface area contributed by atoms with Crippen LogP contribution in [0.4, 0.5) is 16.2 Å². The van der Waals surface area contributed by atoms with Crippen molar-refractivity contribution in [2.45, 2.75) is 40.2 Å². The number of aromatic nitrogens is 2. The van der Waals surface area contributed by atoms with E-state index in [1.165, 1.54) is 0 Å². The van der Waals surface area contributed by atoms with Crippen LogP contribution in [-0.4, -0.2) is 27.4 Å². The second-order valence-electron chi connectivity index (χ2n) is 7.95. The standard InChI is InChI=1S/C23H26N4O3/c1-15-20(16(2)27(26-15)19-12-7-6-8-13-19)25-21(28)17-10-9-11-18(14-17)24-22(29)30-23(3,4)5/h6-14H,1-5H3,(H,24,29)(H,25,28). The number of rotatable bonds is 4. The number of anilines is 2. The molecule has 0 unspecified atom stereocenters. The van der Waals surface area contributed by atoms with Crippen molar-refractivity contribution in [2.75, 3.05) is 10.6 Å². The highest BCUT2D eigenvalue weighted by Gasteiger charge is 2.18. The van der Waals surface area contributed by atoms with Gasteiger partial charge in [0.25, 0.3) is 5.91 Å². The lowest BCUT2D eigenvalue weighted by atomic mass is 10.1. The third-order valence-electron chi connectivity index (χ3n) is 4.30. The van der Waals surface area contributed by atoms with Crippen LogP contribution in [0.5, 0.6) is 0 Å². The van der Waals surface area contributed by atoms with Gasteiger partial charge < -0.3 is 10.1 Å². The van der Waals surface area contributed by atoms with Gasteiger partial charge in [-0.1, -0.05) is 24.3 Å². The second-order valence-corrected chi connectivity index (χ2v) is 7.95. The van der Waals surface area contributed by atoms with Crippen molar-refractivity contribution >= 4 is 23.4 Å². The van der Waals surface area contributed by atoms with Gasteiger partial charge in [-0.25, -0.2) is 9.48 Å². The topological polar surface area (TPSA) is 85.3 Å². The van der Waals surface area contributed by atoms with E-state index >= 15 is 0 Å². The van der Waals surface area contributed by atoms with Crippen LogP contribution >= 0.6 is 0 Å². The Labute approximate surface area is 176 Å². The molecular weight excluding hydrogens is 380 g/mol. The number of para-hydroxylation sites is 1. The van der Waals surface area contributed by atoms with E-state index in [0.717, 1.165) is 11.4 Å². The molecule has 7 heteroatoms. The number of carbonyl (C=O) groups excluding carboxylic acids is 2. The van der Waals surface area contributed by atoms with Crippen LogP contribution in [0.2, 0.25) is 0 Å². The van der Waals surface area contributed by atoms with Crippen LogP contribution in [-0.2, 0) is 4.74 Å². The zero-order valence-electron chi connectivity index (χ0n) is 17.8. The SMILES string of the molecule is Cc1nn(-c2ccccc2)c(C)c1NC(=O)c1cccc(NC(=O)OC(C)(C)C)c1. The molecule has 0 atom stereocenters. The Kier molecular flexibility index (Phi) is 5.91. The Morgan fingerprint density at radius 1 is 0.967 bits per heavy atom. The molecule has 156 valence electrons. The lowest BCUT2D eigenvalue weighted by Crippen LogP contribution is -2.27. The fourth-order valence-electron chi connectivity index (χ4n) is 2.99. The molecule has 0 aliphatic heterocycles. The lowest BCUT2D eigenvalue weighted by Gasteiger charge is -2.19. The van der Waals surface area contributed by atoms with Gasteiger partial charge in [-0.15, -0.1) is 0 Å². The van der Waals surface area contributed by atoms with Crippen molar-refractivity contribution in [1.82, 2.24) is 9.78 Å². The molecule has 2 aromatic carbocycles. The summed E-state index contributed by atoms with van der Waals surface area (Å²) < 4.78 is 7.05. The summed E-state index contributed by atoms with van der Waals surface area (Å²) in [6.07, 6.45) is -0.573. The zero-order valence-corrected chi connectivity index (χ0v) is 17.8. The van der Waals surface area contributed by atoms with E-state index in [0.29, 0.717) is 22.6 Å². The van der Waals surface area contributed by atoms with E-state index in [1.807, 2.05) is 44.2 Å². The Morgan fingerprint density at radius 2 is 1.67 bits per heavy atom. The van der Waals surface area contributed by atoms with Gasteiger partial charge in [0.2, 0.25) is 0 Å². The predicted molar refractivity (Wildman–Crippen MR) is 117 cm³/mol. The first-order valence-corrected chi connectivity index (χ1v) is 9.67. The number of hydrogen-bond acceptors (Lipinski definition) is 4. The van der Waals surface area contributed by atoms with Gasteiger partial charge in [0, 0.05) is 11.3 Å². The molecule has 0 saturated carbocycles. The van der Waals surface area contributed by atoms with Gasteiger partial charge in [-0.3, -0.25) is 10.1 Å². The van der Waals surface area contributed by atoms with E-state index < -0.39 is 11.7 Å². The van der Waals surface area contributed by atoms with Gasteiger partial charge in [0.15, 0.2) is 0 Å². The van der Waals surface area contributed by atoms with Crippen LogP contribution in [0.15, 0.2) is 54.6 Å². The highest BCUT2D eigenvalue weighted by Crippen LogP contribution is 2.24. The minimum atomic E-state index is -0.604. The number of aryl methyl sites for hydroxylation is 1. The molecule has 2 amide bonds. The fourth-order valence-corrected chi connectivity index (χ4v) is 2.99. The minimum absolute atomic E-state index is 0.290. The number of amides is 2. The summed E-state index contributed by atoms with van der Waals surface area (Å²) in [4.78, 5) is 24.8. The summed E-state index contributed by atoms with van der Waals surface area (Å²) in [5, 5.41) is 10.1. The van der Waals surface area contributed by atoms with Crippen molar-refractivity contribution in [2.24, 2.45) is 0 Å². The van der Waals surface area contributed by atoms with Crippen LogP contribution in [0.25, 0.3) is 5.69 Å². The van der Waals surface area contributed by atoms with E-state index in [9.17, 15) is 9.59 Å². The van der Waals surface area contributed by atoms with Gasteiger partial charge >= 0.3 is 6.09 Å². The lowest BCUT2D eigenvalue weighted by molar-refractivity contribution is 0.0635. The van der Waals surface area contributed by atoms with Crippen molar-refractivity contribution in [1.29, 1.82) is 0 Å². The minimum Gasteiger partial charge on any atom is -0.444 e. The van der Waals surface area contributed by atoms with Crippen molar-refractivity contribution in [3.05, 3.63) is 71.5 Å². The molecule has 2 N–H and O–H groups in total. The molecule has 0 bridgehead atoms. The number of carbonyl (C=O) groups is 2. The largest absolute Gasteiger partial charge is 0.444 e. The number of benzene rings is 2. The Hall–Kier alpha value is -3.61. The molecule has 1 aromatic heterocycles. The predicted octanol–water partition coefficient (Wildman–Crippen LogP) is 5.09. The Morgan fingerprint density at radius 3 is 2.33 bits per heavy atom. The van der Waals surface area contributed by atoms with Gasteiger partial charge in [0.1, 0.15) is 5.60 Å². The van der Waals surface area contributed by atoms with Crippen LogP contribution < -0.4 is 10.6 Å². The molecule has 0 aliphatic carbocycles. The van der Waals surface area contributed by atoms with Crippen molar-refractivity contribution in [3.63, 3.8) is 0 Å². The molecule has 0 spiro atoms. The first-order valence-electron chi connectivity index (χ1n) is 9.67. The van der Waals surface area contributed by atoms with Crippen LogP contribution in [0.3, 0.4) is 0 Å². The monoisotopic (exact) mass is 406 g/mol. The molecule has 0 saturated heterocycles. The smallest absolute Gasteiger partial charge is 0.412 e. The van der Waals surface area contributed by atoms with E-state index in [4.69, 9.17) is 4.74 Å². The normalized spacial score (nSPS) is 11.1. The zero-order chi connectivity index (χ0) is 21.9. The summed E-state index contributed by atoms with van der Waals surface area (Å²) >= 11 is 0. The molecule has 1 heterocycles. The fraction of sp³-hybridized carbons (Fsp3) is 0.261. The number of nitrogens with zero attached hydrogens (tertiary/aromatic N) is 2. The van der Waals surface area contributed by atoms with E-state index in [1.54, 1.807) is 49.7 Å². The molecular formula is C23H26N4O3. The average Bonchev–Trinajstić information content (AvgIpc) is 2.95. The van der Waals surface area contributed by atoms with Crippen LogP contribution in [0.1, 0.15) is 42.5 Å². The second kappa shape index (κ2) is 8.41. The van der Waals surface area contributed by atoms with Gasteiger partial charge in [0.05, 0.1) is 22.8 Å². The van der Waals surface area contributed by atoms with E-state index in [2.05, 4.69) is 15.7 Å². The first-order chi connectivity index (χ1) is 14.1. The summed E-state index contributed by atoms with van der Waals surface area (Å²) in [6.45, 7) is 9.12. The molecule has 0 aliphatic rings. The number of ether oxygens (including phenoxy) is 1. The molecule has 0 fully saturated rings. The maximum atomic E-state index is 12.8. The van der Waals surface area contributed by atoms with Crippen molar-refractivity contribution < 1.29 is 14.3 Å². The Balaban J connectivity index is 1.77. The average molecular weight is 406 g/mol. The highest BCUT2D eigenvalue weighted by atomic mass is 16.6. The van der Waals surface area contributed by atoms with Gasteiger partial charge in [-0.2, -0.15) is 5.10 Å².